The number of rotatable bonds is 1. The summed E-state index contributed by atoms with van der Waals surface area (Å²) in [6.45, 7) is 0. The quantitative estimate of drug-likeness (QED) is 0.624. The van der Waals surface area contributed by atoms with Crippen molar-refractivity contribution in [3.05, 3.63) is 50.2 Å². The Kier molecular flexibility index (Phi) is 2.37. The minimum Gasteiger partial charge on any atom is -0.346 e. The molecule has 0 amide bonds. The highest BCUT2D eigenvalue weighted by Crippen LogP contribution is 2.26. The SMILES string of the molecule is O=c1[nH]c(=C2CC2)[nH]/c1=C\c1c[nH]c2ncc(Cl)cc12. The maximum Gasteiger partial charge on any atom is 0.273 e. The minimum atomic E-state index is -0.108. The maximum absolute atomic E-state index is 11.9. The number of imidazole rings is 1. The topological polar surface area (TPSA) is 77.3 Å². The van der Waals surface area contributed by atoms with E-state index in [4.69, 9.17) is 11.6 Å². The Labute approximate surface area is 118 Å². The van der Waals surface area contributed by atoms with Crippen LogP contribution in [0.4, 0.5) is 0 Å². The summed E-state index contributed by atoms with van der Waals surface area (Å²) in [5.74, 6) is 0. The predicted molar refractivity (Wildman–Crippen MR) is 78.0 cm³/mol. The van der Waals surface area contributed by atoms with Crippen LogP contribution in [0.2, 0.25) is 5.02 Å². The second-order valence-electron chi connectivity index (χ2n) is 4.91. The highest BCUT2D eigenvalue weighted by atomic mass is 35.5. The number of pyridine rings is 1. The summed E-state index contributed by atoms with van der Waals surface area (Å²) in [5, 5.41) is 2.01. The Bertz CT molecular complexity index is 986. The van der Waals surface area contributed by atoms with Crippen LogP contribution >= 0.6 is 11.6 Å². The third-order valence-corrected chi connectivity index (χ3v) is 3.63. The Balaban J connectivity index is 1.96. The van der Waals surface area contributed by atoms with E-state index in [-0.39, 0.29) is 5.56 Å². The summed E-state index contributed by atoms with van der Waals surface area (Å²) in [6.07, 6.45) is 7.33. The monoisotopic (exact) mass is 286 g/mol. The van der Waals surface area contributed by atoms with Crippen molar-refractivity contribution in [2.45, 2.75) is 12.8 Å². The lowest BCUT2D eigenvalue weighted by Crippen LogP contribution is -2.22. The highest BCUT2D eigenvalue weighted by molar-refractivity contribution is 6.31. The molecule has 5 nitrogen and oxygen atoms in total. The molecule has 1 saturated carbocycles. The van der Waals surface area contributed by atoms with Crippen LogP contribution in [-0.2, 0) is 0 Å². The lowest BCUT2D eigenvalue weighted by Gasteiger charge is -1.91. The fourth-order valence-corrected chi connectivity index (χ4v) is 2.43. The first-order valence-corrected chi connectivity index (χ1v) is 6.73. The Hall–Kier alpha value is -2.27. The van der Waals surface area contributed by atoms with E-state index < -0.39 is 0 Å². The first-order chi connectivity index (χ1) is 9.70. The number of hydrogen-bond donors (Lipinski definition) is 3. The summed E-state index contributed by atoms with van der Waals surface area (Å²) in [5.41, 5.74) is 3.64. The molecule has 1 aliphatic rings. The van der Waals surface area contributed by atoms with E-state index in [2.05, 4.69) is 19.9 Å². The number of halogens is 1. The van der Waals surface area contributed by atoms with E-state index in [9.17, 15) is 4.79 Å². The Morgan fingerprint density at radius 2 is 2.15 bits per heavy atom. The Morgan fingerprint density at radius 1 is 1.30 bits per heavy atom. The largest absolute Gasteiger partial charge is 0.346 e. The molecule has 3 aromatic heterocycles. The molecule has 0 saturated heterocycles. The van der Waals surface area contributed by atoms with Crippen LogP contribution in [0.5, 0.6) is 0 Å². The van der Waals surface area contributed by atoms with Crippen molar-refractivity contribution in [1.82, 2.24) is 19.9 Å². The van der Waals surface area contributed by atoms with E-state index >= 15 is 0 Å². The minimum absolute atomic E-state index is 0.108. The zero-order valence-electron chi connectivity index (χ0n) is 10.5. The van der Waals surface area contributed by atoms with Gasteiger partial charge in [0, 0.05) is 23.3 Å². The van der Waals surface area contributed by atoms with Crippen LogP contribution in [0.1, 0.15) is 18.4 Å². The van der Waals surface area contributed by atoms with Gasteiger partial charge < -0.3 is 15.0 Å². The van der Waals surface area contributed by atoms with E-state index in [1.807, 2.05) is 18.3 Å². The van der Waals surface area contributed by atoms with Gasteiger partial charge in [-0.15, -0.1) is 0 Å². The number of aromatic amines is 3. The van der Waals surface area contributed by atoms with Crippen molar-refractivity contribution in [3.8, 4) is 0 Å². The second-order valence-corrected chi connectivity index (χ2v) is 5.35. The number of fused-ring (bicyclic) bond motifs is 1. The van der Waals surface area contributed by atoms with Gasteiger partial charge in [-0.3, -0.25) is 4.79 Å². The fourth-order valence-electron chi connectivity index (χ4n) is 2.27. The van der Waals surface area contributed by atoms with Crippen molar-refractivity contribution in [3.63, 3.8) is 0 Å². The van der Waals surface area contributed by atoms with Gasteiger partial charge in [-0.1, -0.05) is 11.6 Å². The van der Waals surface area contributed by atoms with Gasteiger partial charge in [0.1, 0.15) is 16.5 Å². The summed E-state index contributed by atoms with van der Waals surface area (Å²) in [6, 6.07) is 1.83. The predicted octanol–water partition coefficient (Wildman–Crippen LogP) is 1.01. The van der Waals surface area contributed by atoms with Crippen LogP contribution in [0.25, 0.3) is 22.7 Å². The van der Waals surface area contributed by atoms with Gasteiger partial charge in [0.05, 0.1) is 5.02 Å². The normalized spacial score (nSPS) is 15.2. The molecule has 0 aliphatic heterocycles. The standard InChI is InChI=1S/C14H11ClN4O/c15-9-4-10-8(5-16-13(10)17-6-9)3-11-14(20)19-12(18-11)7-1-2-7/h3-6,18H,1-2H2,(H,16,17)(H,19,20)/b11-3-. The molecule has 4 rings (SSSR count). The molecule has 0 aromatic carbocycles. The molecule has 6 heteroatoms. The molecule has 20 heavy (non-hydrogen) atoms. The van der Waals surface area contributed by atoms with Gasteiger partial charge in [-0.2, -0.15) is 0 Å². The molecule has 0 unspecified atom stereocenters. The molecule has 100 valence electrons. The van der Waals surface area contributed by atoms with Gasteiger partial charge in [-0.05, 0) is 30.6 Å². The van der Waals surface area contributed by atoms with E-state index in [0.717, 1.165) is 34.9 Å². The molecule has 3 aromatic rings. The smallest absolute Gasteiger partial charge is 0.273 e. The zero-order valence-corrected chi connectivity index (χ0v) is 11.2. The summed E-state index contributed by atoms with van der Waals surface area (Å²) < 4.78 is 0. The number of nitrogens with one attached hydrogen (secondary N) is 3. The molecule has 0 spiro atoms. The van der Waals surface area contributed by atoms with Gasteiger partial charge in [-0.25, -0.2) is 4.98 Å². The average Bonchev–Trinajstić information content (AvgIpc) is 3.12. The van der Waals surface area contributed by atoms with Crippen LogP contribution in [-0.4, -0.2) is 19.9 Å². The Morgan fingerprint density at radius 3 is 2.95 bits per heavy atom. The summed E-state index contributed by atoms with van der Waals surface area (Å²) in [4.78, 5) is 25.2. The third kappa shape index (κ3) is 1.87. The summed E-state index contributed by atoms with van der Waals surface area (Å²) >= 11 is 5.97. The van der Waals surface area contributed by atoms with Crippen molar-refractivity contribution < 1.29 is 0 Å². The van der Waals surface area contributed by atoms with Gasteiger partial charge in [0.15, 0.2) is 0 Å². The first-order valence-electron chi connectivity index (χ1n) is 6.35. The van der Waals surface area contributed by atoms with E-state index in [1.54, 1.807) is 6.20 Å². The van der Waals surface area contributed by atoms with Gasteiger partial charge in [0.2, 0.25) is 0 Å². The molecular weight excluding hydrogens is 276 g/mol. The molecule has 0 bridgehead atoms. The van der Waals surface area contributed by atoms with Crippen molar-refractivity contribution in [2.75, 3.05) is 0 Å². The number of hydrogen-bond acceptors (Lipinski definition) is 2. The van der Waals surface area contributed by atoms with Crippen molar-refractivity contribution in [2.24, 2.45) is 0 Å². The van der Waals surface area contributed by atoms with Crippen LogP contribution in [0.3, 0.4) is 0 Å². The van der Waals surface area contributed by atoms with Crippen LogP contribution in [0, 0.1) is 0 Å². The molecule has 3 N–H and O–H groups in total. The fraction of sp³-hybridized carbons (Fsp3) is 0.143. The van der Waals surface area contributed by atoms with Crippen LogP contribution < -0.4 is 16.4 Å². The van der Waals surface area contributed by atoms with Gasteiger partial charge in [0.25, 0.3) is 5.56 Å². The lowest BCUT2D eigenvalue weighted by atomic mass is 10.2. The second kappa shape index (κ2) is 4.11. The zero-order chi connectivity index (χ0) is 13.7. The number of nitrogens with zero attached hydrogens (tertiary/aromatic N) is 1. The molecule has 0 radical (unpaired) electrons. The lowest BCUT2D eigenvalue weighted by molar-refractivity contribution is 1.18. The first kappa shape index (κ1) is 11.5. The molecule has 1 fully saturated rings. The average molecular weight is 287 g/mol. The number of H-pyrrole nitrogens is 3. The third-order valence-electron chi connectivity index (χ3n) is 3.43. The maximum atomic E-state index is 11.9. The van der Waals surface area contributed by atoms with Gasteiger partial charge >= 0.3 is 0 Å². The van der Waals surface area contributed by atoms with Crippen molar-refractivity contribution in [1.29, 1.82) is 0 Å². The molecular formula is C14H11ClN4O. The number of aromatic nitrogens is 4. The summed E-state index contributed by atoms with van der Waals surface area (Å²) in [7, 11) is 0. The molecule has 0 atom stereocenters. The highest BCUT2D eigenvalue weighted by Gasteiger charge is 2.13. The van der Waals surface area contributed by atoms with E-state index in [1.165, 1.54) is 5.57 Å². The molecule has 1 aliphatic carbocycles. The van der Waals surface area contributed by atoms with E-state index in [0.29, 0.717) is 10.4 Å². The molecule has 3 heterocycles. The van der Waals surface area contributed by atoms with Crippen molar-refractivity contribution >= 4 is 34.3 Å². The van der Waals surface area contributed by atoms with Crippen LogP contribution in [0.15, 0.2) is 23.3 Å².